The number of rotatable bonds is 4. The SMILES string of the molecule is Cc1cc(C)c(N2C(=O)NC(=O)[C@@H](C=NC[C@@]3(C)C[C@@H](O)CC(C)(C)C3)C2=O)c(C)c1. The molecule has 7 heteroatoms. The molecule has 2 fully saturated rings. The minimum atomic E-state index is -1.16. The second-order valence-corrected chi connectivity index (χ2v) is 10.4. The summed E-state index contributed by atoms with van der Waals surface area (Å²) in [5, 5.41) is 12.6. The summed E-state index contributed by atoms with van der Waals surface area (Å²) in [5.41, 5.74) is 2.90. The Morgan fingerprint density at radius 1 is 1.13 bits per heavy atom. The van der Waals surface area contributed by atoms with Gasteiger partial charge >= 0.3 is 6.03 Å². The summed E-state index contributed by atoms with van der Waals surface area (Å²) < 4.78 is 0. The zero-order valence-electron chi connectivity index (χ0n) is 19.3. The van der Waals surface area contributed by atoms with Crippen LogP contribution in [0.4, 0.5) is 10.5 Å². The molecule has 7 nitrogen and oxygen atoms in total. The van der Waals surface area contributed by atoms with Gasteiger partial charge in [-0.15, -0.1) is 0 Å². The van der Waals surface area contributed by atoms with E-state index < -0.39 is 23.8 Å². The molecule has 168 valence electrons. The highest BCUT2D eigenvalue weighted by Crippen LogP contribution is 2.46. The number of carbonyl (C=O) groups excluding carboxylic acids is 3. The van der Waals surface area contributed by atoms with E-state index in [1.54, 1.807) is 0 Å². The van der Waals surface area contributed by atoms with E-state index in [2.05, 4.69) is 31.1 Å². The van der Waals surface area contributed by atoms with E-state index >= 15 is 0 Å². The van der Waals surface area contributed by atoms with Crippen molar-refractivity contribution < 1.29 is 19.5 Å². The first-order valence-corrected chi connectivity index (χ1v) is 10.8. The average Bonchev–Trinajstić information content (AvgIpc) is 2.57. The van der Waals surface area contributed by atoms with Crippen LogP contribution in [0.25, 0.3) is 0 Å². The van der Waals surface area contributed by atoms with Crippen LogP contribution in [-0.2, 0) is 9.59 Å². The molecule has 1 heterocycles. The number of barbiturate groups is 1. The van der Waals surface area contributed by atoms with E-state index in [0.717, 1.165) is 34.4 Å². The van der Waals surface area contributed by atoms with Crippen molar-refractivity contribution in [1.82, 2.24) is 5.32 Å². The Labute approximate surface area is 183 Å². The number of aliphatic hydroxyl groups excluding tert-OH is 1. The molecule has 2 N–H and O–H groups in total. The molecule has 3 atom stereocenters. The number of aliphatic imine (C=N–C) groups is 1. The summed E-state index contributed by atoms with van der Waals surface area (Å²) in [7, 11) is 0. The van der Waals surface area contributed by atoms with E-state index in [4.69, 9.17) is 0 Å². The van der Waals surface area contributed by atoms with E-state index in [0.29, 0.717) is 18.7 Å². The molecule has 0 spiro atoms. The molecule has 1 aromatic rings. The summed E-state index contributed by atoms with van der Waals surface area (Å²) in [6.07, 6.45) is 3.25. The summed E-state index contributed by atoms with van der Waals surface area (Å²) >= 11 is 0. The van der Waals surface area contributed by atoms with Gasteiger partial charge in [-0.3, -0.25) is 19.9 Å². The van der Waals surface area contributed by atoms with Gasteiger partial charge < -0.3 is 5.11 Å². The molecular weight excluding hydrogens is 394 g/mol. The van der Waals surface area contributed by atoms with Gasteiger partial charge in [0.1, 0.15) is 0 Å². The van der Waals surface area contributed by atoms with Gasteiger partial charge in [0.05, 0.1) is 11.8 Å². The second-order valence-electron chi connectivity index (χ2n) is 10.4. The average molecular weight is 428 g/mol. The maximum Gasteiger partial charge on any atom is 0.335 e. The van der Waals surface area contributed by atoms with Gasteiger partial charge in [0.15, 0.2) is 5.92 Å². The highest BCUT2D eigenvalue weighted by atomic mass is 16.3. The maximum atomic E-state index is 13.2. The Morgan fingerprint density at radius 3 is 2.32 bits per heavy atom. The van der Waals surface area contributed by atoms with E-state index in [1.165, 1.54) is 6.21 Å². The number of benzene rings is 1. The molecule has 1 saturated carbocycles. The third-order valence-electron chi connectivity index (χ3n) is 6.21. The Balaban J connectivity index is 1.83. The quantitative estimate of drug-likeness (QED) is 0.568. The van der Waals surface area contributed by atoms with Gasteiger partial charge in [-0.2, -0.15) is 0 Å². The third-order valence-corrected chi connectivity index (χ3v) is 6.21. The molecule has 31 heavy (non-hydrogen) atoms. The summed E-state index contributed by atoms with van der Waals surface area (Å²) in [6.45, 7) is 12.4. The summed E-state index contributed by atoms with van der Waals surface area (Å²) in [4.78, 5) is 43.6. The van der Waals surface area contributed by atoms with Crippen molar-refractivity contribution in [3.05, 3.63) is 28.8 Å². The van der Waals surface area contributed by atoms with Crippen LogP contribution < -0.4 is 10.2 Å². The fourth-order valence-electron chi connectivity index (χ4n) is 5.54. The van der Waals surface area contributed by atoms with Gasteiger partial charge in [-0.05, 0) is 62.0 Å². The normalized spacial score (nSPS) is 28.9. The zero-order valence-corrected chi connectivity index (χ0v) is 19.3. The van der Waals surface area contributed by atoms with Crippen molar-refractivity contribution in [3.8, 4) is 0 Å². The first-order valence-electron chi connectivity index (χ1n) is 10.8. The van der Waals surface area contributed by atoms with Crippen molar-refractivity contribution in [2.45, 2.75) is 66.9 Å². The van der Waals surface area contributed by atoms with Crippen LogP contribution in [0, 0.1) is 37.5 Å². The van der Waals surface area contributed by atoms with Crippen molar-refractivity contribution in [2.24, 2.45) is 21.7 Å². The molecule has 4 amide bonds. The molecule has 0 unspecified atom stereocenters. The lowest BCUT2D eigenvalue weighted by Crippen LogP contribution is -2.59. The first kappa shape index (κ1) is 23.1. The smallest absolute Gasteiger partial charge is 0.335 e. The van der Waals surface area contributed by atoms with Crippen LogP contribution in [0.15, 0.2) is 17.1 Å². The number of aryl methyl sites for hydroxylation is 3. The number of carbonyl (C=O) groups is 3. The molecule has 1 aromatic carbocycles. The standard InChI is InChI=1S/C24H33N3O4/c1-14-7-15(2)19(16(3)8-14)27-21(30)18(20(29)26-22(27)31)11-25-13-24(6)10-17(28)9-23(4,5)12-24/h7-8,11,17-18,28H,9-10,12-13H2,1-6H3,(H,26,29,31)/t17-,18+,24-/m0/s1. The van der Waals surface area contributed by atoms with Crippen molar-refractivity contribution in [3.63, 3.8) is 0 Å². The van der Waals surface area contributed by atoms with Crippen LogP contribution >= 0.6 is 0 Å². The molecule has 0 bridgehead atoms. The number of hydrogen-bond donors (Lipinski definition) is 2. The number of aliphatic hydroxyl groups is 1. The highest BCUT2D eigenvalue weighted by Gasteiger charge is 2.43. The van der Waals surface area contributed by atoms with E-state index in [-0.39, 0.29) is 16.9 Å². The molecule has 0 aromatic heterocycles. The van der Waals surface area contributed by atoms with Gasteiger partial charge in [0.25, 0.3) is 5.91 Å². The summed E-state index contributed by atoms with van der Waals surface area (Å²) in [6, 6.07) is 3.07. The van der Waals surface area contributed by atoms with Crippen molar-refractivity contribution in [2.75, 3.05) is 11.4 Å². The van der Waals surface area contributed by atoms with Crippen molar-refractivity contribution in [1.29, 1.82) is 0 Å². The number of hydrogen-bond acceptors (Lipinski definition) is 5. The third kappa shape index (κ3) is 4.87. The predicted molar refractivity (Wildman–Crippen MR) is 120 cm³/mol. The number of imide groups is 2. The van der Waals surface area contributed by atoms with E-state index in [9.17, 15) is 19.5 Å². The van der Waals surface area contributed by atoms with Crippen molar-refractivity contribution >= 4 is 29.7 Å². The minimum Gasteiger partial charge on any atom is -0.393 e. The molecule has 1 aliphatic heterocycles. The molecule has 1 saturated heterocycles. The number of nitrogens with one attached hydrogen (secondary N) is 1. The highest BCUT2D eigenvalue weighted by molar-refractivity contribution is 6.32. The Kier molecular flexibility index (Phi) is 6.11. The van der Waals surface area contributed by atoms with Crippen LogP contribution in [-0.4, -0.2) is 41.8 Å². The second kappa shape index (κ2) is 8.19. The molecule has 1 aliphatic carbocycles. The number of nitrogens with zero attached hydrogens (tertiary/aromatic N) is 2. The van der Waals surface area contributed by atoms with Crippen LogP contribution in [0.3, 0.4) is 0 Å². The molecule has 3 rings (SSSR count). The Hall–Kier alpha value is -2.54. The van der Waals surface area contributed by atoms with Gasteiger partial charge in [0, 0.05) is 12.8 Å². The molecule has 0 radical (unpaired) electrons. The lowest BCUT2D eigenvalue weighted by Gasteiger charge is -2.44. The lowest BCUT2D eigenvalue weighted by atomic mass is 9.63. The fraction of sp³-hybridized carbons (Fsp3) is 0.583. The number of urea groups is 1. The fourth-order valence-corrected chi connectivity index (χ4v) is 5.54. The lowest BCUT2D eigenvalue weighted by molar-refractivity contribution is -0.131. The monoisotopic (exact) mass is 427 g/mol. The topological polar surface area (TPSA) is 99.1 Å². The maximum absolute atomic E-state index is 13.2. The van der Waals surface area contributed by atoms with Gasteiger partial charge in [-0.1, -0.05) is 38.5 Å². The van der Waals surface area contributed by atoms with Crippen LogP contribution in [0.5, 0.6) is 0 Å². The summed E-state index contributed by atoms with van der Waals surface area (Å²) in [5.74, 6) is -2.42. The zero-order chi connectivity index (χ0) is 23.1. The Bertz CT molecular complexity index is 929. The largest absolute Gasteiger partial charge is 0.393 e. The molecule has 2 aliphatic rings. The van der Waals surface area contributed by atoms with E-state index in [1.807, 2.05) is 32.9 Å². The minimum absolute atomic E-state index is 0.00365. The van der Waals surface area contributed by atoms with Gasteiger partial charge in [0.2, 0.25) is 5.91 Å². The van der Waals surface area contributed by atoms with Gasteiger partial charge in [-0.25, -0.2) is 9.69 Å². The van der Waals surface area contributed by atoms with Crippen LogP contribution in [0.1, 0.15) is 56.7 Å². The number of amides is 4. The number of anilines is 1. The predicted octanol–water partition coefficient (Wildman–Crippen LogP) is 3.46. The van der Waals surface area contributed by atoms with Crippen LogP contribution in [0.2, 0.25) is 0 Å². The molecular formula is C24H33N3O4. The first-order chi connectivity index (χ1) is 14.3. The Morgan fingerprint density at radius 2 is 1.74 bits per heavy atom.